The number of fused-ring (bicyclic) bond motifs is 2. The van der Waals surface area contributed by atoms with Gasteiger partial charge in [-0.2, -0.15) is 10.1 Å². The summed E-state index contributed by atoms with van der Waals surface area (Å²) in [4.78, 5) is 17.1. The molecule has 0 unspecified atom stereocenters. The van der Waals surface area contributed by atoms with Crippen molar-refractivity contribution >= 4 is 22.9 Å². The van der Waals surface area contributed by atoms with Crippen molar-refractivity contribution in [1.82, 2.24) is 34.4 Å². The van der Waals surface area contributed by atoms with Crippen LogP contribution in [-0.4, -0.2) is 81.2 Å². The number of carbonyl (C=O) groups excluding carboxylic acids is 1. The number of hydrogen-bond acceptors (Lipinski definition) is 7. The third-order valence-electron chi connectivity index (χ3n) is 5.93. The number of nitrogens with zero attached hydrogens (tertiary/aromatic N) is 6. The van der Waals surface area contributed by atoms with Crippen molar-refractivity contribution in [3.05, 3.63) is 42.1 Å². The molecule has 1 aliphatic heterocycles. The van der Waals surface area contributed by atoms with Gasteiger partial charge in [0.2, 0.25) is 11.8 Å². The molecule has 1 fully saturated rings. The lowest BCUT2D eigenvalue weighted by atomic mass is 10.0. The molecular weight excluding hydrogens is 465 g/mol. The van der Waals surface area contributed by atoms with E-state index >= 15 is 4.39 Å². The summed E-state index contributed by atoms with van der Waals surface area (Å²) in [6, 6.07) is 1.73. The van der Waals surface area contributed by atoms with Crippen LogP contribution in [0.2, 0.25) is 0 Å². The summed E-state index contributed by atoms with van der Waals surface area (Å²) >= 11 is 0. The number of rotatable bonds is 5. The van der Waals surface area contributed by atoms with E-state index in [2.05, 4.69) is 25.8 Å². The number of piperidine rings is 1. The number of methoxy groups -OCH3 is 1. The second kappa shape index (κ2) is 8.41. The molecule has 13 heteroatoms. The number of nitrogens with one attached hydrogen (secondary N) is 2. The second-order valence-electron chi connectivity index (χ2n) is 8.14. The Kier molecular flexibility index (Phi) is 4.67. The molecule has 0 aromatic carbocycles. The Balaban J connectivity index is 1.52. The summed E-state index contributed by atoms with van der Waals surface area (Å²) in [5, 5.41) is 13.4. The maximum Gasteiger partial charge on any atom is 0.280 e. The van der Waals surface area contributed by atoms with Crippen molar-refractivity contribution in [2.75, 3.05) is 39.5 Å². The average molecular weight is 491 g/mol. The molecule has 5 heterocycles. The fraction of sp³-hybridized carbons (Fsp3) is 0.364. The van der Waals surface area contributed by atoms with E-state index in [1.807, 2.05) is 0 Å². The minimum Gasteiger partial charge on any atom is -0.479 e. The second-order valence-corrected chi connectivity index (χ2v) is 8.14. The molecule has 0 radical (unpaired) electrons. The molecule has 10 nitrogen and oxygen atoms in total. The van der Waals surface area contributed by atoms with Crippen LogP contribution in [0.5, 0.6) is 5.88 Å². The van der Waals surface area contributed by atoms with Crippen molar-refractivity contribution in [2.24, 2.45) is 0 Å². The molecule has 0 spiro atoms. The predicted octanol–water partition coefficient (Wildman–Crippen LogP) is 2.30. The zero-order valence-corrected chi connectivity index (χ0v) is 18.7. The Morgan fingerprint density at radius 2 is 2.20 bits per heavy atom. The number of carbonyl (C=O) groups is 1. The lowest BCUT2D eigenvalue weighted by Crippen LogP contribution is -2.53. The van der Waals surface area contributed by atoms with Crippen molar-refractivity contribution in [3.8, 4) is 17.0 Å². The van der Waals surface area contributed by atoms with E-state index in [1.165, 1.54) is 24.9 Å². The standard InChI is InChI=1S/C22H23F3N8O2/c1-26-19(34)13-9-27-32-7-4-12(8-15(13)32)17-14(23)10-33-18(17)20(35-3)29-21(30-33)28-16-5-6-31(2)11-22(16,24)25/h4,7-10,16H,5-6,11H2,1-3H3,(H,26,34)(H,28,30)/t16-/m1/s1/i2D3. The number of hydrogen-bond donors (Lipinski definition) is 2. The first kappa shape index (κ1) is 19.4. The minimum absolute atomic E-state index is 0.0791. The van der Waals surface area contributed by atoms with Gasteiger partial charge in [0, 0.05) is 23.9 Å². The molecule has 1 aliphatic rings. The monoisotopic (exact) mass is 491 g/mol. The molecule has 0 bridgehead atoms. The zero-order valence-electron chi connectivity index (χ0n) is 21.7. The van der Waals surface area contributed by atoms with Gasteiger partial charge in [0.15, 0.2) is 5.82 Å². The van der Waals surface area contributed by atoms with E-state index in [4.69, 9.17) is 8.85 Å². The number of aromatic nitrogens is 5. The molecule has 5 rings (SSSR count). The van der Waals surface area contributed by atoms with Gasteiger partial charge in [0.25, 0.3) is 11.8 Å². The molecular formula is C22H23F3N8O2. The number of likely N-dealkylation sites (tertiary alicyclic amines) is 1. The van der Waals surface area contributed by atoms with Crippen LogP contribution in [0.4, 0.5) is 19.1 Å². The summed E-state index contributed by atoms with van der Waals surface area (Å²) in [6.45, 7) is -3.67. The smallest absolute Gasteiger partial charge is 0.280 e. The Hall–Kier alpha value is -3.87. The van der Waals surface area contributed by atoms with Crippen LogP contribution in [0.3, 0.4) is 0 Å². The minimum atomic E-state index is -3.39. The summed E-state index contributed by atoms with van der Waals surface area (Å²) in [5.41, 5.74) is 1.33. The zero-order chi connectivity index (χ0) is 27.4. The summed E-state index contributed by atoms with van der Waals surface area (Å²) in [5.74, 6) is -4.76. The van der Waals surface area contributed by atoms with Gasteiger partial charge in [-0.3, -0.25) is 4.79 Å². The molecule has 184 valence electrons. The number of amides is 1. The van der Waals surface area contributed by atoms with Gasteiger partial charge in [-0.1, -0.05) is 0 Å². The van der Waals surface area contributed by atoms with Crippen LogP contribution >= 0.6 is 0 Å². The SMILES string of the molecule is [2H]C([2H])([2H])N1CC[C@@H](Nc2nc(OC)c3c(-c4ccn5ncc(C(=O)NC)c5c4)c(F)cn3n2)C(F)(F)C1. The number of anilines is 1. The largest absolute Gasteiger partial charge is 0.479 e. The predicted molar refractivity (Wildman–Crippen MR) is 122 cm³/mol. The van der Waals surface area contributed by atoms with Gasteiger partial charge >= 0.3 is 0 Å². The fourth-order valence-corrected chi connectivity index (χ4v) is 4.22. The summed E-state index contributed by atoms with van der Waals surface area (Å²) < 4.78 is 75.1. The summed E-state index contributed by atoms with van der Waals surface area (Å²) in [7, 11) is 2.78. The number of alkyl halides is 2. The van der Waals surface area contributed by atoms with Crippen LogP contribution in [0.1, 0.15) is 20.9 Å². The lowest BCUT2D eigenvalue weighted by molar-refractivity contribution is -0.0675. The van der Waals surface area contributed by atoms with Gasteiger partial charge < -0.3 is 20.3 Å². The molecule has 1 saturated heterocycles. The highest BCUT2D eigenvalue weighted by molar-refractivity contribution is 6.01. The van der Waals surface area contributed by atoms with Gasteiger partial charge in [0.1, 0.15) is 5.52 Å². The molecule has 4 aromatic rings. The Morgan fingerprint density at radius 1 is 1.37 bits per heavy atom. The highest BCUT2D eigenvalue weighted by Crippen LogP contribution is 2.35. The van der Waals surface area contributed by atoms with Gasteiger partial charge in [-0.25, -0.2) is 22.2 Å². The fourth-order valence-electron chi connectivity index (χ4n) is 4.22. The van der Waals surface area contributed by atoms with Crippen LogP contribution in [-0.2, 0) is 0 Å². The van der Waals surface area contributed by atoms with Gasteiger partial charge in [-0.15, -0.1) is 5.10 Å². The molecule has 1 amide bonds. The van der Waals surface area contributed by atoms with Crippen LogP contribution in [0, 0.1) is 5.82 Å². The quantitative estimate of drug-likeness (QED) is 0.442. The maximum atomic E-state index is 15.3. The number of ether oxygens (including phenoxy) is 1. The number of halogens is 3. The highest BCUT2D eigenvalue weighted by Gasteiger charge is 2.44. The molecule has 0 saturated carbocycles. The van der Waals surface area contributed by atoms with Crippen molar-refractivity contribution in [2.45, 2.75) is 18.4 Å². The van der Waals surface area contributed by atoms with Gasteiger partial charge in [0.05, 0.1) is 48.7 Å². The molecule has 4 aromatic heterocycles. The Labute approximate surface area is 201 Å². The third-order valence-corrected chi connectivity index (χ3v) is 5.93. The highest BCUT2D eigenvalue weighted by atomic mass is 19.3. The van der Waals surface area contributed by atoms with E-state index in [0.29, 0.717) is 16.6 Å². The number of pyridine rings is 1. The first-order valence-corrected chi connectivity index (χ1v) is 10.6. The first-order valence-electron chi connectivity index (χ1n) is 12.1. The lowest BCUT2D eigenvalue weighted by Gasteiger charge is -2.36. The van der Waals surface area contributed by atoms with E-state index in [9.17, 15) is 13.6 Å². The van der Waals surface area contributed by atoms with Crippen LogP contribution < -0.4 is 15.4 Å². The summed E-state index contributed by atoms with van der Waals surface area (Å²) in [6.07, 6.45) is 3.85. The van der Waals surface area contributed by atoms with Crippen LogP contribution in [0.15, 0.2) is 30.7 Å². The molecule has 2 N–H and O–H groups in total. The van der Waals surface area contributed by atoms with E-state index in [-0.39, 0.29) is 41.8 Å². The maximum absolute atomic E-state index is 15.3. The Bertz CT molecular complexity index is 1540. The molecule has 1 atom stereocenters. The topological polar surface area (TPSA) is 101 Å². The third kappa shape index (κ3) is 3.91. The van der Waals surface area contributed by atoms with E-state index in [0.717, 1.165) is 15.6 Å². The van der Waals surface area contributed by atoms with Crippen molar-refractivity contribution in [3.63, 3.8) is 0 Å². The van der Waals surface area contributed by atoms with Gasteiger partial charge in [-0.05, 0) is 31.1 Å². The van der Waals surface area contributed by atoms with Crippen LogP contribution in [0.25, 0.3) is 22.2 Å². The van der Waals surface area contributed by atoms with E-state index < -0.39 is 31.3 Å². The normalized spacial score (nSPS) is 19.8. The molecule has 0 aliphatic carbocycles. The Morgan fingerprint density at radius 3 is 2.91 bits per heavy atom. The van der Waals surface area contributed by atoms with Crippen molar-refractivity contribution < 1.29 is 26.8 Å². The van der Waals surface area contributed by atoms with E-state index in [1.54, 1.807) is 18.3 Å². The molecule has 35 heavy (non-hydrogen) atoms. The van der Waals surface area contributed by atoms with Crippen molar-refractivity contribution in [1.29, 1.82) is 0 Å². The average Bonchev–Trinajstić information content (AvgIpc) is 3.43. The first-order chi connectivity index (χ1) is 17.9.